The number of nitrogens with zero attached hydrogens (tertiary/aromatic N) is 2. The van der Waals surface area contributed by atoms with Crippen LogP contribution < -0.4 is 10.1 Å². The first-order valence-electron chi connectivity index (χ1n) is 7.69. The summed E-state index contributed by atoms with van der Waals surface area (Å²) in [6.45, 7) is 0. The minimum absolute atomic E-state index is 0.313. The topological polar surface area (TPSA) is 101 Å². The molecule has 1 aliphatic carbocycles. The Balaban J connectivity index is 1.76. The van der Waals surface area contributed by atoms with Gasteiger partial charge in [-0.05, 0) is 31.0 Å². The van der Waals surface area contributed by atoms with Crippen LogP contribution in [0.2, 0.25) is 0 Å². The molecule has 0 bridgehead atoms. The van der Waals surface area contributed by atoms with Crippen LogP contribution in [-0.4, -0.2) is 32.5 Å². The molecule has 124 valence electrons. The Hall–Kier alpha value is -2.96. The van der Waals surface area contributed by atoms with Crippen LogP contribution in [0.25, 0.3) is 0 Å². The molecule has 1 aromatic carbocycles. The second kappa shape index (κ2) is 6.66. The summed E-state index contributed by atoms with van der Waals surface area (Å²) in [7, 11) is 0. The van der Waals surface area contributed by atoms with Crippen molar-refractivity contribution < 1.29 is 19.4 Å². The van der Waals surface area contributed by atoms with Gasteiger partial charge in [0.15, 0.2) is 0 Å². The summed E-state index contributed by atoms with van der Waals surface area (Å²) in [5.74, 6) is -0.670. The van der Waals surface area contributed by atoms with Gasteiger partial charge in [0.2, 0.25) is 5.88 Å². The average Bonchev–Trinajstić information content (AvgIpc) is 3.06. The maximum atomic E-state index is 12.5. The molecule has 2 N–H and O–H groups in total. The van der Waals surface area contributed by atoms with Crippen molar-refractivity contribution in [2.45, 2.75) is 31.2 Å². The molecule has 2 aromatic rings. The van der Waals surface area contributed by atoms with Gasteiger partial charge in [-0.1, -0.05) is 18.9 Å². The summed E-state index contributed by atoms with van der Waals surface area (Å²) < 4.78 is 5.54. The van der Waals surface area contributed by atoms with Crippen molar-refractivity contribution in [3.05, 3.63) is 48.4 Å². The molecular weight excluding hydrogens is 310 g/mol. The van der Waals surface area contributed by atoms with E-state index in [1.54, 1.807) is 24.3 Å². The zero-order chi connectivity index (χ0) is 17.0. The Morgan fingerprint density at radius 1 is 1.21 bits per heavy atom. The molecule has 0 aliphatic heterocycles. The van der Waals surface area contributed by atoms with E-state index >= 15 is 0 Å². The summed E-state index contributed by atoms with van der Waals surface area (Å²) in [6.07, 6.45) is 6.98. The summed E-state index contributed by atoms with van der Waals surface area (Å²) in [5, 5.41) is 12.1. The van der Waals surface area contributed by atoms with Crippen LogP contribution in [-0.2, 0) is 4.79 Å². The molecule has 0 spiro atoms. The third-order valence-electron chi connectivity index (χ3n) is 4.08. The molecule has 1 saturated carbocycles. The number of carboxylic acids is 1. The number of carboxylic acid groups (broad SMARTS) is 1. The Bertz CT molecular complexity index is 743. The van der Waals surface area contributed by atoms with Crippen molar-refractivity contribution in [3.63, 3.8) is 0 Å². The van der Waals surface area contributed by atoms with E-state index in [4.69, 9.17) is 4.74 Å². The minimum atomic E-state index is -1.17. The van der Waals surface area contributed by atoms with E-state index in [9.17, 15) is 14.7 Å². The number of hydrogen-bond donors (Lipinski definition) is 2. The number of nitrogens with one attached hydrogen (secondary N) is 1. The second-order valence-corrected chi connectivity index (χ2v) is 5.72. The molecule has 7 heteroatoms. The molecular formula is C17H17N3O4. The Kier molecular flexibility index (Phi) is 4.41. The molecule has 0 atom stereocenters. The number of benzene rings is 1. The quantitative estimate of drug-likeness (QED) is 0.874. The highest BCUT2D eigenvalue weighted by Gasteiger charge is 2.42. The molecule has 3 rings (SSSR count). The molecule has 1 fully saturated rings. The van der Waals surface area contributed by atoms with E-state index in [0.717, 1.165) is 12.8 Å². The third kappa shape index (κ3) is 3.34. The predicted molar refractivity (Wildman–Crippen MR) is 84.8 cm³/mol. The lowest BCUT2D eigenvalue weighted by Gasteiger charge is -2.25. The molecule has 0 saturated heterocycles. The van der Waals surface area contributed by atoms with Crippen LogP contribution >= 0.6 is 0 Å². The fourth-order valence-electron chi connectivity index (χ4n) is 2.82. The number of aromatic nitrogens is 2. The third-order valence-corrected chi connectivity index (χ3v) is 4.08. The number of carbonyl (C=O) groups is 2. The van der Waals surface area contributed by atoms with Gasteiger partial charge in [-0.2, -0.15) is 0 Å². The van der Waals surface area contributed by atoms with Gasteiger partial charge >= 0.3 is 5.97 Å². The van der Waals surface area contributed by atoms with Gasteiger partial charge in [-0.3, -0.25) is 9.78 Å². The SMILES string of the molecule is O=C(NC1(C(=O)O)CCCC1)c1cccc(Oc2cnccn2)c1. The lowest BCUT2D eigenvalue weighted by atomic mass is 9.97. The number of aliphatic carboxylic acids is 1. The molecule has 1 amide bonds. The zero-order valence-corrected chi connectivity index (χ0v) is 12.9. The van der Waals surface area contributed by atoms with E-state index in [-0.39, 0.29) is 0 Å². The van der Waals surface area contributed by atoms with Gasteiger partial charge in [-0.25, -0.2) is 9.78 Å². The highest BCUT2D eigenvalue weighted by Crippen LogP contribution is 2.30. The van der Waals surface area contributed by atoms with E-state index in [1.807, 2.05) is 0 Å². The predicted octanol–water partition coefficient (Wildman–Crippen LogP) is 2.40. The van der Waals surface area contributed by atoms with Gasteiger partial charge in [0, 0.05) is 18.0 Å². The average molecular weight is 327 g/mol. The highest BCUT2D eigenvalue weighted by atomic mass is 16.5. The fourth-order valence-corrected chi connectivity index (χ4v) is 2.82. The first-order chi connectivity index (χ1) is 11.6. The van der Waals surface area contributed by atoms with Crippen LogP contribution in [0.15, 0.2) is 42.9 Å². The summed E-state index contributed by atoms with van der Waals surface area (Å²) in [5.41, 5.74) is -0.831. The number of rotatable bonds is 5. The van der Waals surface area contributed by atoms with E-state index in [2.05, 4.69) is 15.3 Å². The first-order valence-corrected chi connectivity index (χ1v) is 7.69. The van der Waals surface area contributed by atoms with Gasteiger partial charge in [0.25, 0.3) is 5.91 Å². The summed E-state index contributed by atoms with van der Waals surface area (Å²) in [6, 6.07) is 6.52. The van der Waals surface area contributed by atoms with Crippen LogP contribution in [0, 0.1) is 0 Å². The normalized spacial score (nSPS) is 15.7. The largest absolute Gasteiger partial charge is 0.480 e. The Morgan fingerprint density at radius 3 is 2.67 bits per heavy atom. The lowest BCUT2D eigenvalue weighted by molar-refractivity contribution is -0.144. The zero-order valence-electron chi connectivity index (χ0n) is 12.9. The van der Waals surface area contributed by atoms with Crippen LogP contribution in [0.1, 0.15) is 36.0 Å². The Labute approximate surface area is 138 Å². The van der Waals surface area contributed by atoms with Gasteiger partial charge < -0.3 is 15.2 Å². The standard InChI is InChI=1S/C17H17N3O4/c21-15(20-17(16(22)23)6-1-2-7-17)12-4-3-5-13(10-12)24-14-11-18-8-9-19-14/h3-5,8-11H,1-2,6-7H2,(H,20,21)(H,22,23). The molecule has 24 heavy (non-hydrogen) atoms. The van der Waals surface area contributed by atoms with Crippen LogP contribution in [0.4, 0.5) is 0 Å². The maximum Gasteiger partial charge on any atom is 0.329 e. The molecule has 1 aromatic heterocycles. The van der Waals surface area contributed by atoms with Crippen molar-refractivity contribution in [2.24, 2.45) is 0 Å². The number of hydrogen-bond acceptors (Lipinski definition) is 5. The van der Waals surface area contributed by atoms with Crippen molar-refractivity contribution >= 4 is 11.9 Å². The summed E-state index contributed by atoms with van der Waals surface area (Å²) >= 11 is 0. The van der Waals surface area contributed by atoms with Gasteiger partial charge in [-0.15, -0.1) is 0 Å². The molecule has 0 radical (unpaired) electrons. The molecule has 1 heterocycles. The van der Waals surface area contributed by atoms with Crippen LogP contribution in [0.5, 0.6) is 11.6 Å². The van der Waals surface area contributed by atoms with Gasteiger partial charge in [0.05, 0.1) is 6.20 Å². The number of ether oxygens (including phenoxy) is 1. The monoisotopic (exact) mass is 327 g/mol. The highest BCUT2D eigenvalue weighted by molar-refractivity contribution is 5.98. The maximum absolute atomic E-state index is 12.5. The van der Waals surface area contributed by atoms with E-state index in [0.29, 0.717) is 30.0 Å². The van der Waals surface area contributed by atoms with Crippen molar-refractivity contribution in [2.75, 3.05) is 0 Å². The summed E-state index contributed by atoms with van der Waals surface area (Å²) in [4.78, 5) is 31.9. The molecule has 1 aliphatic rings. The molecule has 0 unspecified atom stereocenters. The second-order valence-electron chi connectivity index (χ2n) is 5.72. The first kappa shape index (κ1) is 15.9. The molecule has 7 nitrogen and oxygen atoms in total. The van der Waals surface area contributed by atoms with E-state index in [1.165, 1.54) is 18.6 Å². The van der Waals surface area contributed by atoms with Crippen molar-refractivity contribution in [1.82, 2.24) is 15.3 Å². The minimum Gasteiger partial charge on any atom is -0.480 e. The Morgan fingerprint density at radius 2 is 2.00 bits per heavy atom. The van der Waals surface area contributed by atoms with Crippen molar-refractivity contribution in [1.29, 1.82) is 0 Å². The fraction of sp³-hybridized carbons (Fsp3) is 0.294. The van der Waals surface area contributed by atoms with Crippen LogP contribution in [0.3, 0.4) is 0 Å². The number of carbonyl (C=O) groups excluding carboxylic acids is 1. The number of amides is 1. The van der Waals surface area contributed by atoms with Gasteiger partial charge in [0.1, 0.15) is 11.3 Å². The smallest absolute Gasteiger partial charge is 0.329 e. The van der Waals surface area contributed by atoms with E-state index < -0.39 is 17.4 Å². The van der Waals surface area contributed by atoms with Crippen molar-refractivity contribution in [3.8, 4) is 11.6 Å². The lowest BCUT2D eigenvalue weighted by Crippen LogP contribution is -2.52.